The molecule has 1 fully saturated rings. The van der Waals surface area contributed by atoms with Gasteiger partial charge in [0.15, 0.2) is 6.61 Å². The van der Waals surface area contributed by atoms with Crippen LogP contribution in [0.2, 0.25) is 0 Å². The van der Waals surface area contributed by atoms with E-state index in [1.807, 2.05) is 53.4 Å². The monoisotopic (exact) mass is 554 g/mol. The molecule has 1 aliphatic heterocycles. The van der Waals surface area contributed by atoms with Gasteiger partial charge in [0.25, 0.3) is 5.91 Å². The van der Waals surface area contributed by atoms with Crippen molar-refractivity contribution in [2.45, 2.75) is 78.8 Å². The highest BCUT2D eigenvalue weighted by Gasteiger charge is 2.36. The van der Waals surface area contributed by atoms with Crippen molar-refractivity contribution in [2.75, 3.05) is 13.7 Å². The highest BCUT2D eigenvalue weighted by atomic mass is 16.5. The Hall–Kier alpha value is -3.67. The quantitative estimate of drug-likeness (QED) is 0.309. The molecule has 216 valence electrons. The number of allylic oxidation sites excluding steroid dienone is 1. The molecule has 2 heterocycles. The number of amides is 1. The van der Waals surface area contributed by atoms with Crippen LogP contribution in [0.1, 0.15) is 87.5 Å². The van der Waals surface area contributed by atoms with Crippen molar-refractivity contribution in [1.82, 2.24) is 9.88 Å². The number of rotatable bonds is 5. The normalized spacial score (nSPS) is 22.0. The average molecular weight is 555 g/mol. The minimum atomic E-state index is -0.455. The zero-order valence-corrected chi connectivity index (χ0v) is 25.2. The number of benzene rings is 2. The summed E-state index contributed by atoms with van der Waals surface area (Å²) in [5.41, 5.74) is 5.20. The van der Waals surface area contributed by atoms with Crippen LogP contribution in [-0.4, -0.2) is 47.6 Å². The SMILES string of the molecule is COc1ccc(/C=C2/C[C@H](C(C)(C)C)Cc3c2nc2ccccc2c3C(=O)OCC(=O)N2[C@H](C)CCC[C@H]2C)cc1. The Balaban J connectivity index is 1.56. The molecule has 41 heavy (non-hydrogen) atoms. The zero-order chi connectivity index (χ0) is 29.3. The molecule has 0 bridgehead atoms. The van der Waals surface area contributed by atoms with Crippen LogP contribution in [0.25, 0.3) is 22.6 Å². The summed E-state index contributed by atoms with van der Waals surface area (Å²) < 4.78 is 11.2. The molecule has 1 aromatic heterocycles. The smallest absolute Gasteiger partial charge is 0.339 e. The summed E-state index contributed by atoms with van der Waals surface area (Å²) >= 11 is 0. The standard InChI is InChI=1S/C35H42N2O4/c1-22-10-9-11-23(2)37(22)31(38)21-41-34(39)32-28-12-7-8-13-30(28)36-33-25(18-24-14-16-27(40-6)17-15-24)19-26(20-29(32)33)35(3,4)5/h7-8,12-18,22-23,26H,9-11,19-21H2,1-6H3/b25-18-/t22-,23-,26+/m1/s1. The van der Waals surface area contributed by atoms with Gasteiger partial charge in [0, 0.05) is 17.5 Å². The second-order valence-electron chi connectivity index (χ2n) is 12.8. The number of aromatic nitrogens is 1. The molecule has 0 spiro atoms. The van der Waals surface area contributed by atoms with Crippen molar-refractivity contribution < 1.29 is 19.1 Å². The van der Waals surface area contributed by atoms with Gasteiger partial charge in [-0.1, -0.05) is 51.1 Å². The van der Waals surface area contributed by atoms with Crippen molar-refractivity contribution >= 4 is 34.4 Å². The van der Waals surface area contributed by atoms with Gasteiger partial charge in [0.05, 0.1) is 23.9 Å². The first-order chi connectivity index (χ1) is 19.6. The van der Waals surface area contributed by atoms with Crippen molar-refractivity contribution in [1.29, 1.82) is 0 Å². The van der Waals surface area contributed by atoms with E-state index in [1.165, 1.54) is 0 Å². The van der Waals surface area contributed by atoms with Crippen molar-refractivity contribution in [3.8, 4) is 5.75 Å². The van der Waals surface area contributed by atoms with E-state index in [0.29, 0.717) is 11.5 Å². The number of fused-ring (bicyclic) bond motifs is 2. The molecule has 6 heteroatoms. The van der Waals surface area contributed by atoms with Gasteiger partial charge in [-0.2, -0.15) is 0 Å². The van der Waals surface area contributed by atoms with Crippen LogP contribution >= 0.6 is 0 Å². The summed E-state index contributed by atoms with van der Waals surface area (Å²) in [4.78, 5) is 34.1. The van der Waals surface area contributed by atoms with Crippen molar-refractivity contribution in [3.05, 3.63) is 70.9 Å². The number of hydrogen-bond donors (Lipinski definition) is 0. The van der Waals surface area contributed by atoms with Gasteiger partial charge >= 0.3 is 5.97 Å². The third-order valence-corrected chi connectivity index (χ3v) is 8.91. The summed E-state index contributed by atoms with van der Waals surface area (Å²) in [5, 5.41) is 0.766. The van der Waals surface area contributed by atoms with Crippen LogP contribution in [0.5, 0.6) is 5.75 Å². The lowest BCUT2D eigenvalue weighted by atomic mass is 9.69. The van der Waals surface area contributed by atoms with E-state index in [9.17, 15) is 9.59 Å². The van der Waals surface area contributed by atoms with E-state index in [2.05, 4.69) is 40.7 Å². The number of para-hydroxylation sites is 1. The third kappa shape index (κ3) is 6.02. The predicted molar refractivity (Wildman–Crippen MR) is 164 cm³/mol. The lowest BCUT2D eigenvalue weighted by Gasteiger charge is -2.39. The Morgan fingerprint density at radius 2 is 1.68 bits per heavy atom. The van der Waals surface area contributed by atoms with E-state index in [-0.39, 0.29) is 30.0 Å². The lowest BCUT2D eigenvalue weighted by Crippen LogP contribution is -2.49. The number of nitrogens with zero attached hydrogens (tertiary/aromatic N) is 2. The Kier molecular flexibility index (Phi) is 8.21. The molecule has 0 radical (unpaired) electrons. The summed E-state index contributed by atoms with van der Waals surface area (Å²) in [5.74, 6) is 0.522. The maximum Gasteiger partial charge on any atom is 0.339 e. The maximum absolute atomic E-state index is 13.9. The van der Waals surface area contributed by atoms with Crippen LogP contribution in [0.3, 0.4) is 0 Å². The van der Waals surface area contributed by atoms with E-state index < -0.39 is 5.97 Å². The molecule has 0 N–H and O–H groups in total. The molecular weight excluding hydrogens is 512 g/mol. The Bertz CT molecular complexity index is 1460. The molecule has 0 unspecified atom stereocenters. The van der Waals surface area contributed by atoms with E-state index >= 15 is 0 Å². The van der Waals surface area contributed by atoms with Gasteiger partial charge in [-0.05, 0) is 98.3 Å². The summed E-state index contributed by atoms with van der Waals surface area (Å²) in [7, 11) is 1.66. The summed E-state index contributed by atoms with van der Waals surface area (Å²) in [6.45, 7) is 10.6. The first kappa shape index (κ1) is 28.8. The third-order valence-electron chi connectivity index (χ3n) is 8.91. The average Bonchev–Trinajstić information content (AvgIpc) is 2.94. The van der Waals surface area contributed by atoms with Crippen LogP contribution in [-0.2, 0) is 16.0 Å². The Labute approximate surface area is 243 Å². The van der Waals surface area contributed by atoms with Gasteiger partial charge in [0.1, 0.15) is 5.75 Å². The highest BCUT2D eigenvalue weighted by Crippen LogP contribution is 2.45. The Morgan fingerprint density at radius 3 is 2.34 bits per heavy atom. The van der Waals surface area contributed by atoms with Gasteiger partial charge in [-0.15, -0.1) is 0 Å². The number of piperidine rings is 1. The highest BCUT2D eigenvalue weighted by molar-refractivity contribution is 6.07. The summed E-state index contributed by atoms with van der Waals surface area (Å²) in [6.07, 6.45) is 6.81. The molecule has 0 saturated carbocycles. The van der Waals surface area contributed by atoms with Gasteiger partial charge in [-0.3, -0.25) is 4.79 Å². The second kappa shape index (κ2) is 11.7. The molecule has 1 saturated heterocycles. The maximum atomic E-state index is 13.9. The molecule has 1 aliphatic carbocycles. The number of esters is 1. The van der Waals surface area contributed by atoms with Crippen LogP contribution in [0.4, 0.5) is 0 Å². The molecule has 3 atom stereocenters. The number of methoxy groups -OCH3 is 1. The second-order valence-corrected chi connectivity index (χ2v) is 12.8. The molecule has 6 nitrogen and oxygen atoms in total. The molecular formula is C35H42N2O4. The number of likely N-dealkylation sites (tertiary alicyclic amines) is 1. The van der Waals surface area contributed by atoms with E-state index in [4.69, 9.17) is 14.5 Å². The van der Waals surface area contributed by atoms with Crippen LogP contribution < -0.4 is 4.74 Å². The summed E-state index contributed by atoms with van der Waals surface area (Å²) in [6, 6.07) is 16.0. The van der Waals surface area contributed by atoms with Crippen molar-refractivity contribution in [3.63, 3.8) is 0 Å². The molecule has 3 aromatic rings. The fraction of sp³-hybridized carbons (Fsp3) is 0.457. The zero-order valence-electron chi connectivity index (χ0n) is 25.2. The molecule has 2 aliphatic rings. The fourth-order valence-corrected chi connectivity index (χ4v) is 6.46. The first-order valence-electron chi connectivity index (χ1n) is 14.8. The fourth-order valence-electron chi connectivity index (χ4n) is 6.46. The number of carbonyl (C=O) groups excluding carboxylic acids is 2. The van der Waals surface area contributed by atoms with Crippen molar-refractivity contribution in [2.24, 2.45) is 11.3 Å². The number of carbonyl (C=O) groups is 2. The minimum Gasteiger partial charge on any atom is -0.497 e. The van der Waals surface area contributed by atoms with Crippen LogP contribution in [0.15, 0.2) is 48.5 Å². The molecule has 5 rings (SSSR count). The first-order valence-corrected chi connectivity index (χ1v) is 14.8. The Morgan fingerprint density at radius 1 is 1.00 bits per heavy atom. The van der Waals surface area contributed by atoms with E-state index in [1.54, 1.807) is 7.11 Å². The van der Waals surface area contributed by atoms with Gasteiger partial charge in [0.2, 0.25) is 0 Å². The van der Waals surface area contributed by atoms with E-state index in [0.717, 1.165) is 71.2 Å². The topological polar surface area (TPSA) is 68.7 Å². The minimum absolute atomic E-state index is 0.0139. The number of pyridine rings is 1. The largest absolute Gasteiger partial charge is 0.497 e. The number of ether oxygens (including phenoxy) is 2. The van der Waals surface area contributed by atoms with Gasteiger partial charge in [-0.25, -0.2) is 9.78 Å². The molecule has 2 aromatic carbocycles. The number of hydrogen-bond acceptors (Lipinski definition) is 5. The molecule has 1 amide bonds. The van der Waals surface area contributed by atoms with Crippen LogP contribution in [0, 0.1) is 11.3 Å². The lowest BCUT2D eigenvalue weighted by molar-refractivity contribution is -0.140. The predicted octanol–water partition coefficient (Wildman–Crippen LogP) is 7.34. The van der Waals surface area contributed by atoms with Gasteiger partial charge < -0.3 is 14.4 Å².